The van der Waals surface area contributed by atoms with Crippen molar-refractivity contribution in [2.45, 2.75) is 19.9 Å². The fourth-order valence-corrected chi connectivity index (χ4v) is 1.60. The summed E-state index contributed by atoms with van der Waals surface area (Å²) in [6.45, 7) is 3.51. The molecule has 0 saturated carbocycles. The van der Waals surface area contributed by atoms with Crippen LogP contribution in [0.3, 0.4) is 0 Å². The predicted molar refractivity (Wildman–Crippen MR) is 60.6 cm³/mol. The van der Waals surface area contributed by atoms with Crippen molar-refractivity contribution in [1.29, 1.82) is 0 Å². The maximum absolute atomic E-state index is 10.8. The Morgan fingerprint density at radius 3 is 2.60 bits per heavy atom. The molecule has 15 heavy (non-hydrogen) atoms. The molecule has 0 unspecified atom stereocenters. The van der Waals surface area contributed by atoms with Gasteiger partial charge in [-0.05, 0) is 20.5 Å². The number of carbonyl (C=O) groups excluding carboxylic acids is 1. The number of likely N-dealkylation sites (N-methyl/N-ethyl adjacent to an activating group) is 1. The topological polar surface area (TPSA) is 38.1 Å². The van der Waals surface area contributed by atoms with Crippen LogP contribution in [0.2, 0.25) is 5.15 Å². The first-order chi connectivity index (χ1) is 7.10. The first kappa shape index (κ1) is 12.2. The summed E-state index contributed by atoms with van der Waals surface area (Å²) in [7, 11) is 3.97. The van der Waals surface area contributed by atoms with E-state index < -0.39 is 0 Å². The van der Waals surface area contributed by atoms with Crippen molar-refractivity contribution in [2.24, 2.45) is 0 Å². The highest BCUT2D eigenvalue weighted by Crippen LogP contribution is 2.18. The van der Waals surface area contributed by atoms with Crippen molar-refractivity contribution in [3.63, 3.8) is 0 Å². The van der Waals surface area contributed by atoms with Gasteiger partial charge in [-0.3, -0.25) is 9.48 Å². The van der Waals surface area contributed by atoms with Gasteiger partial charge in [0.2, 0.25) is 0 Å². The summed E-state index contributed by atoms with van der Waals surface area (Å²) < 4.78 is 1.68. The van der Waals surface area contributed by atoms with Crippen molar-refractivity contribution < 1.29 is 4.79 Å². The quantitative estimate of drug-likeness (QED) is 0.718. The molecule has 0 saturated heterocycles. The summed E-state index contributed by atoms with van der Waals surface area (Å²) in [5.41, 5.74) is 1.30. The first-order valence-electron chi connectivity index (χ1n) is 4.95. The van der Waals surface area contributed by atoms with E-state index in [9.17, 15) is 4.79 Å². The van der Waals surface area contributed by atoms with Gasteiger partial charge in [-0.15, -0.1) is 0 Å². The highest BCUT2D eigenvalue weighted by Gasteiger charge is 2.13. The molecule has 84 valence electrons. The van der Waals surface area contributed by atoms with Crippen LogP contribution < -0.4 is 0 Å². The average molecular weight is 230 g/mol. The number of aromatic nitrogens is 2. The number of hydrogen-bond donors (Lipinski definition) is 0. The summed E-state index contributed by atoms with van der Waals surface area (Å²) >= 11 is 6.04. The van der Waals surface area contributed by atoms with Gasteiger partial charge in [0, 0.05) is 6.54 Å². The van der Waals surface area contributed by atoms with E-state index in [0.717, 1.165) is 24.9 Å². The van der Waals surface area contributed by atoms with Crippen LogP contribution in [0, 0.1) is 0 Å². The summed E-state index contributed by atoms with van der Waals surface area (Å²) in [6.07, 6.45) is 1.50. The second kappa shape index (κ2) is 5.28. The van der Waals surface area contributed by atoms with E-state index in [1.54, 1.807) is 4.68 Å². The lowest BCUT2D eigenvalue weighted by Crippen LogP contribution is -2.19. The number of aldehydes is 1. The molecule has 0 aliphatic carbocycles. The minimum atomic E-state index is 0.448. The minimum Gasteiger partial charge on any atom is -0.308 e. The lowest BCUT2D eigenvalue weighted by Gasteiger charge is -2.09. The Balaban J connectivity index is 2.89. The molecule has 0 bridgehead atoms. The van der Waals surface area contributed by atoms with Crippen LogP contribution >= 0.6 is 11.6 Å². The molecule has 1 rings (SSSR count). The summed E-state index contributed by atoms with van der Waals surface area (Å²) in [5.74, 6) is 0. The maximum Gasteiger partial charge on any atom is 0.155 e. The number of nitrogens with zero attached hydrogens (tertiary/aromatic N) is 3. The lowest BCUT2D eigenvalue weighted by molar-refractivity contribution is 0.112. The Morgan fingerprint density at radius 1 is 1.53 bits per heavy atom. The van der Waals surface area contributed by atoms with Gasteiger partial charge in [0.25, 0.3) is 0 Å². The highest BCUT2D eigenvalue weighted by molar-refractivity contribution is 6.32. The number of aryl methyl sites for hydroxylation is 1. The van der Waals surface area contributed by atoms with E-state index in [2.05, 4.69) is 5.10 Å². The van der Waals surface area contributed by atoms with E-state index in [1.165, 1.54) is 0 Å². The second-order valence-corrected chi connectivity index (χ2v) is 4.01. The lowest BCUT2D eigenvalue weighted by atomic mass is 10.2. The zero-order chi connectivity index (χ0) is 11.4. The third-order valence-electron chi connectivity index (χ3n) is 2.21. The summed E-state index contributed by atoms with van der Waals surface area (Å²) in [6, 6.07) is 0. The Labute approximate surface area is 94.8 Å². The molecule has 0 atom stereocenters. The standard InChI is InChI=1S/C10H16ClN3O/c1-4-9-8(7-15)10(11)14(12-9)6-5-13(2)3/h7H,4-6H2,1-3H3. The SMILES string of the molecule is CCc1nn(CCN(C)C)c(Cl)c1C=O. The molecule has 1 heterocycles. The monoisotopic (exact) mass is 229 g/mol. The van der Waals surface area contributed by atoms with Crippen LogP contribution in [0.4, 0.5) is 0 Å². The van der Waals surface area contributed by atoms with E-state index in [0.29, 0.717) is 17.3 Å². The number of carbonyl (C=O) groups is 1. The van der Waals surface area contributed by atoms with Gasteiger partial charge in [-0.25, -0.2) is 0 Å². The molecule has 1 aromatic rings. The molecule has 4 nitrogen and oxygen atoms in total. The molecule has 0 aliphatic heterocycles. The van der Waals surface area contributed by atoms with Crippen molar-refractivity contribution in [3.8, 4) is 0 Å². The molecule has 0 amide bonds. The molecule has 0 aromatic carbocycles. The van der Waals surface area contributed by atoms with E-state index in [4.69, 9.17) is 11.6 Å². The number of hydrogen-bond acceptors (Lipinski definition) is 3. The molecule has 0 aliphatic rings. The van der Waals surface area contributed by atoms with Crippen molar-refractivity contribution in [2.75, 3.05) is 20.6 Å². The first-order valence-corrected chi connectivity index (χ1v) is 5.33. The average Bonchev–Trinajstić information content (AvgIpc) is 2.51. The Bertz CT molecular complexity index is 347. The maximum atomic E-state index is 10.8. The van der Waals surface area contributed by atoms with Gasteiger partial charge in [-0.1, -0.05) is 18.5 Å². The predicted octanol–water partition coefficient (Wildman–Crippen LogP) is 1.47. The van der Waals surface area contributed by atoms with Crippen molar-refractivity contribution >= 4 is 17.9 Å². The molecule has 0 fully saturated rings. The van der Waals surface area contributed by atoms with E-state index >= 15 is 0 Å². The van der Waals surface area contributed by atoms with E-state index in [1.807, 2.05) is 25.9 Å². The number of rotatable bonds is 5. The van der Waals surface area contributed by atoms with Gasteiger partial charge in [0.15, 0.2) is 6.29 Å². The Morgan fingerprint density at radius 2 is 2.20 bits per heavy atom. The van der Waals surface area contributed by atoms with Crippen molar-refractivity contribution in [3.05, 3.63) is 16.4 Å². The molecule has 0 spiro atoms. The van der Waals surface area contributed by atoms with Gasteiger partial charge in [0.1, 0.15) is 5.15 Å². The van der Waals surface area contributed by atoms with Crippen molar-refractivity contribution in [1.82, 2.24) is 14.7 Å². The summed E-state index contributed by atoms with van der Waals surface area (Å²) in [5, 5.41) is 4.75. The largest absolute Gasteiger partial charge is 0.308 e. The highest BCUT2D eigenvalue weighted by atomic mass is 35.5. The van der Waals surface area contributed by atoms with Gasteiger partial charge in [0.05, 0.1) is 17.8 Å². The Kier molecular flexibility index (Phi) is 4.29. The van der Waals surface area contributed by atoms with Crippen LogP contribution in [-0.4, -0.2) is 41.6 Å². The smallest absolute Gasteiger partial charge is 0.155 e. The zero-order valence-electron chi connectivity index (χ0n) is 9.33. The van der Waals surface area contributed by atoms with Gasteiger partial charge >= 0.3 is 0 Å². The third kappa shape index (κ3) is 2.79. The van der Waals surface area contributed by atoms with Crippen LogP contribution in [0.1, 0.15) is 23.0 Å². The fraction of sp³-hybridized carbons (Fsp3) is 0.600. The molecule has 1 aromatic heterocycles. The van der Waals surface area contributed by atoms with Gasteiger partial charge in [-0.2, -0.15) is 5.10 Å². The molecule has 0 N–H and O–H groups in total. The minimum absolute atomic E-state index is 0.448. The second-order valence-electron chi connectivity index (χ2n) is 3.65. The van der Waals surface area contributed by atoms with Crippen LogP contribution in [0.25, 0.3) is 0 Å². The molecular weight excluding hydrogens is 214 g/mol. The molecule has 5 heteroatoms. The third-order valence-corrected chi connectivity index (χ3v) is 2.61. The molecule has 0 radical (unpaired) electrons. The zero-order valence-corrected chi connectivity index (χ0v) is 10.1. The summed E-state index contributed by atoms with van der Waals surface area (Å²) in [4.78, 5) is 12.9. The normalized spacial score (nSPS) is 11.0. The van der Waals surface area contributed by atoms with Crippen LogP contribution in [-0.2, 0) is 13.0 Å². The van der Waals surface area contributed by atoms with Crippen LogP contribution in [0.5, 0.6) is 0 Å². The Hall–Kier alpha value is -0.870. The number of halogens is 1. The fourth-order valence-electron chi connectivity index (χ4n) is 1.32. The molecular formula is C10H16ClN3O. The van der Waals surface area contributed by atoms with Gasteiger partial charge < -0.3 is 4.90 Å². The van der Waals surface area contributed by atoms with E-state index in [-0.39, 0.29) is 0 Å². The van der Waals surface area contributed by atoms with Crippen LogP contribution in [0.15, 0.2) is 0 Å².